The molecule has 0 aliphatic carbocycles. The molecule has 1 aromatic carbocycles. The van der Waals surface area contributed by atoms with Gasteiger partial charge in [0.1, 0.15) is 0 Å². The predicted octanol–water partition coefficient (Wildman–Crippen LogP) is 3.78. The van der Waals surface area contributed by atoms with Gasteiger partial charge in [-0.25, -0.2) is 0 Å². The van der Waals surface area contributed by atoms with Crippen molar-refractivity contribution in [1.82, 2.24) is 4.90 Å². The smallest absolute Gasteiger partial charge is 0.0471 e. The van der Waals surface area contributed by atoms with Crippen LogP contribution in [0.2, 0.25) is 0 Å². The Morgan fingerprint density at radius 3 is 2.57 bits per heavy atom. The van der Waals surface area contributed by atoms with Crippen LogP contribution in [0.1, 0.15) is 37.7 Å². The lowest BCUT2D eigenvalue weighted by atomic mass is 9.85. The summed E-state index contributed by atoms with van der Waals surface area (Å²) in [5.41, 5.74) is 3.20. The third-order valence-electron chi connectivity index (χ3n) is 5.52. The first kappa shape index (κ1) is 13.5. The van der Waals surface area contributed by atoms with Gasteiger partial charge in [-0.15, -0.1) is 0 Å². The van der Waals surface area contributed by atoms with Crippen molar-refractivity contribution in [1.29, 1.82) is 0 Å². The molecule has 2 bridgehead atoms. The molecule has 0 amide bonds. The fourth-order valence-corrected chi connectivity index (χ4v) is 4.36. The van der Waals surface area contributed by atoms with Crippen LogP contribution in [0.3, 0.4) is 0 Å². The highest BCUT2D eigenvalue weighted by molar-refractivity contribution is 5.22. The summed E-state index contributed by atoms with van der Waals surface area (Å²) in [5, 5.41) is 0. The van der Waals surface area contributed by atoms with E-state index in [1.807, 2.05) is 0 Å². The van der Waals surface area contributed by atoms with Gasteiger partial charge in [-0.1, -0.05) is 42.0 Å². The van der Waals surface area contributed by atoms with E-state index in [-0.39, 0.29) is 0 Å². The van der Waals surface area contributed by atoms with Crippen molar-refractivity contribution in [2.24, 2.45) is 5.92 Å². The van der Waals surface area contributed by atoms with Crippen LogP contribution in [0.15, 0.2) is 42.0 Å². The highest BCUT2D eigenvalue weighted by Gasteiger charge is 2.37. The topological polar surface area (TPSA) is 12.5 Å². The second-order valence-electron chi connectivity index (χ2n) is 6.79. The first-order valence-electron chi connectivity index (χ1n) is 8.48. The Morgan fingerprint density at radius 1 is 1.00 bits per heavy atom. The number of rotatable bonds is 3. The van der Waals surface area contributed by atoms with E-state index in [2.05, 4.69) is 41.3 Å². The molecule has 2 saturated heterocycles. The molecule has 112 valence electrons. The number of benzene rings is 1. The van der Waals surface area contributed by atoms with Gasteiger partial charge in [0.25, 0.3) is 0 Å². The predicted molar refractivity (Wildman–Crippen MR) is 85.0 cm³/mol. The number of hydrogen-bond acceptors (Lipinski definition) is 2. The molecule has 3 aliphatic heterocycles. The molecule has 1 aromatic rings. The monoisotopic (exact) mass is 283 g/mol. The van der Waals surface area contributed by atoms with Gasteiger partial charge in [-0.2, -0.15) is 0 Å². The summed E-state index contributed by atoms with van der Waals surface area (Å²) in [6.45, 7) is 3.05. The van der Waals surface area contributed by atoms with Crippen molar-refractivity contribution in [2.45, 2.75) is 50.7 Å². The van der Waals surface area contributed by atoms with Crippen LogP contribution in [0.5, 0.6) is 0 Å². The Balaban J connectivity index is 1.48. The third kappa shape index (κ3) is 2.79. The van der Waals surface area contributed by atoms with Gasteiger partial charge in [0.2, 0.25) is 0 Å². The van der Waals surface area contributed by atoms with Gasteiger partial charge in [0.15, 0.2) is 0 Å². The number of ether oxygens (including phenoxy) is 1. The largest absolute Gasteiger partial charge is 0.381 e. The molecular formula is C19H25NO. The molecule has 2 heteroatoms. The zero-order chi connectivity index (χ0) is 14.1. The van der Waals surface area contributed by atoms with Crippen LogP contribution in [-0.2, 0) is 11.3 Å². The van der Waals surface area contributed by atoms with Gasteiger partial charge in [-0.05, 0) is 43.6 Å². The zero-order valence-electron chi connectivity index (χ0n) is 12.7. The Labute approximate surface area is 127 Å². The highest BCUT2D eigenvalue weighted by Crippen LogP contribution is 2.40. The highest BCUT2D eigenvalue weighted by atomic mass is 16.5. The third-order valence-corrected chi connectivity index (χ3v) is 5.52. The van der Waals surface area contributed by atoms with E-state index in [9.17, 15) is 0 Å². The molecule has 3 heterocycles. The average Bonchev–Trinajstić information content (AvgIpc) is 2.78. The molecule has 2 unspecified atom stereocenters. The van der Waals surface area contributed by atoms with Crippen LogP contribution in [0.25, 0.3) is 0 Å². The molecule has 0 saturated carbocycles. The minimum absolute atomic E-state index is 0.682. The van der Waals surface area contributed by atoms with Crippen molar-refractivity contribution in [3.8, 4) is 0 Å². The fourth-order valence-electron chi connectivity index (χ4n) is 4.36. The summed E-state index contributed by atoms with van der Waals surface area (Å²) in [4.78, 5) is 2.73. The standard InChI is InChI=1S/C19H25NO/c1-2-4-15(5-3-1)14-20-18-6-7-19(20)13-17(12-18)16-8-10-21-11-9-16/h1-5,12,16,18-19H,6-11,13-14H2. The van der Waals surface area contributed by atoms with Gasteiger partial charge >= 0.3 is 0 Å². The Hall–Kier alpha value is -1.12. The lowest BCUT2D eigenvalue weighted by molar-refractivity contribution is 0.0718. The van der Waals surface area contributed by atoms with Gasteiger partial charge in [-0.3, -0.25) is 4.90 Å². The van der Waals surface area contributed by atoms with Crippen molar-refractivity contribution < 1.29 is 4.74 Å². The quantitative estimate of drug-likeness (QED) is 0.783. The van der Waals surface area contributed by atoms with Crippen LogP contribution < -0.4 is 0 Å². The summed E-state index contributed by atoms with van der Waals surface area (Å²) in [6.07, 6.45) is 9.12. The van der Waals surface area contributed by atoms with Crippen molar-refractivity contribution in [3.63, 3.8) is 0 Å². The van der Waals surface area contributed by atoms with Gasteiger partial charge in [0.05, 0.1) is 0 Å². The van der Waals surface area contributed by atoms with E-state index in [1.54, 1.807) is 5.57 Å². The molecule has 0 N–H and O–H groups in total. The zero-order valence-corrected chi connectivity index (χ0v) is 12.7. The summed E-state index contributed by atoms with van der Waals surface area (Å²) < 4.78 is 5.52. The Bertz CT molecular complexity index is 504. The van der Waals surface area contributed by atoms with Crippen molar-refractivity contribution in [2.75, 3.05) is 13.2 Å². The van der Waals surface area contributed by atoms with E-state index in [0.717, 1.165) is 31.7 Å². The van der Waals surface area contributed by atoms with Crippen molar-refractivity contribution in [3.05, 3.63) is 47.5 Å². The molecule has 4 rings (SSSR count). The first-order chi connectivity index (χ1) is 10.4. The van der Waals surface area contributed by atoms with Crippen molar-refractivity contribution >= 4 is 0 Å². The van der Waals surface area contributed by atoms with Crippen LogP contribution in [0, 0.1) is 5.92 Å². The molecule has 0 aromatic heterocycles. The van der Waals surface area contributed by atoms with Crippen LogP contribution in [0.4, 0.5) is 0 Å². The lowest BCUT2D eigenvalue weighted by Crippen LogP contribution is -2.39. The maximum absolute atomic E-state index is 5.52. The number of fused-ring (bicyclic) bond motifs is 2. The molecule has 0 spiro atoms. The van der Waals surface area contributed by atoms with Gasteiger partial charge in [0, 0.05) is 31.8 Å². The maximum Gasteiger partial charge on any atom is 0.0471 e. The Morgan fingerprint density at radius 2 is 1.81 bits per heavy atom. The van der Waals surface area contributed by atoms with Crippen LogP contribution in [-0.4, -0.2) is 30.2 Å². The van der Waals surface area contributed by atoms with E-state index < -0.39 is 0 Å². The van der Waals surface area contributed by atoms with Gasteiger partial charge < -0.3 is 4.74 Å². The second kappa shape index (κ2) is 5.94. The SMILES string of the molecule is C1=C(C2CCOCC2)CC2CCC1N2Cc1ccccc1. The van der Waals surface area contributed by atoms with E-state index in [4.69, 9.17) is 4.74 Å². The molecule has 2 nitrogen and oxygen atoms in total. The first-order valence-corrected chi connectivity index (χ1v) is 8.48. The molecule has 0 radical (unpaired) electrons. The molecule has 2 fully saturated rings. The van der Waals surface area contributed by atoms with E-state index in [0.29, 0.717) is 6.04 Å². The molecule has 2 atom stereocenters. The fraction of sp³-hybridized carbons (Fsp3) is 0.579. The summed E-state index contributed by atoms with van der Waals surface area (Å²) >= 11 is 0. The van der Waals surface area contributed by atoms with E-state index >= 15 is 0 Å². The van der Waals surface area contributed by atoms with E-state index in [1.165, 1.54) is 37.7 Å². The minimum atomic E-state index is 0.682. The summed E-state index contributed by atoms with van der Waals surface area (Å²) in [5.74, 6) is 0.806. The summed E-state index contributed by atoms with van der Waals surface area (Å²) in [7, 11) is 0. The lowest BCUT2D eigenvalue weighted by Gasteiger charge is -2.37. The maximum atomic E-state index is 5.52. The molecular weight excluding hydrogens is 258 g/mol. The second-order valence-corrected chi connectivity index (χ2v) is 6.79. The Kier molecular flexibility index (Phi) is 3.83. The molecule has 3 aliphatic rings. The summed E-state index contributed by atoms with van der Waals surface area (Å²) in [6, 6.07) is 12.4. The minimum Gasteiger partial charge on any atom is -0.381 e. The van der Waals surface area contributed by atoms with Crippen LogP contribution >= 0.6 is 0 Å². The average molecular weight is 283 g/mol. The number of hydrogen-bond donors (Lipinski definition) is 0. The number of nitrogens with zero attached hydrogens (tertiary/aromatic N) is 1. The normalized spacial score (nSPS) is 30.4. The molecule has 21 heavy (non-hydrogen) atoms.